The van der Waals surface area contributed by atoms with E-state index in [4.69, 9.17) is 0 Å². The fraction of sp³-hybridized carbons (Fsp3) is 0.294. The highest BCUT2D eigenvalue weighted by Crippen LogP contribution is 2.22. The maximum absolute atomic E-state index is 13.8. The van der Waals surface area contributed by atoms with Crippen molar-refractivity contribution in [1.82, 2.24) is 5.32 Å². The molecule has 0 saturated carbocycles. The van der Waals surface area contributed by atoms with Gasteiger partial charge in [0.15, 0.2) is 0 Å². The van der Waals surface area contributed by atoms with Crippen molar-refractivity contribution >= 4 is 0 Å². The predicted octanol–water partition coefficient (Wildman–Crippen LogP) is 3.70. The Kier molecular flexibility index (Phi) is 5.42. The van der Waals surface area contributed by atoms with Gasteiger partial charge in [0.05, 0.1) is 6.61 Å². The highest BCUT2D eigenvalue weighted by molar-refractivity contribution is 5.27. The third kappa shape index (κ3) is 3.86. The van der Waals surface area contributed by atoms with E-state index in [9.17, 15) is 13.9 Å². The van der Waals surface area contributed by atoms with Gasteiger partial charge in [0.2, 0.25) is 0 Å². The number of hydrogen-bond acceptors (Lipinski definition) is 2. The highest BCUT2D eigenvalue weighted by atomic mass is 19.1. The number of aliphatic hydroxyl groups excluding tert-OH is 1. The van der Waals surface area contributed by atoms with Crippen molar-refractivity contribution in [1.29, 1.82) is 0 Å². The Balaban J connectivity index is 2.14. The van der Waals surface area contributed by atoms with Crippen molar-refractivity contribution < 1.29 is 13.9 Å². The lowest BCUT2D eigenvalue weighted by Gasteiger charge is -2.19. The molecule has 2 rings (SSSR count). The number of rotatable bonds is 6. The average molecular weight is 291 g/mol. The fourth-order valence-corrected chi connectivity index (χ4v) is 2.37. The van der Waals surface area contributed by atoms with Crippen LogP contribution in [0.4, 0.5) is 8.78 Å². The summed E-state index contributed by atoms with van der Waals surface area (Å²) in [5.41, 5.74) is 2.12. The third-order valence-corrected chi connectivity index (χ3v) is 3.57. The van der Waals surface area contributed by atoms with Crippen LogP contribution < -0.4 is 5.32 Å². The average Bonchev–Trinajstić information content (AvgIpc) is 2.51. The molecule has 2 nitrogen and oxygen atoms in total. The summed E-state index contributed by atoms with van der Waals surface area (Å²) < 4.78 is 27.1. The van der Waals surface area contributed by atoms with Crippen molar-refractivity contribution in [2.24, 2.45) is 0 Å². The topological polar surface area (TPSA) is 32.3 Å². The van der Waals surface area contributed by atoms with E-state index in [0.29, 0.717) is 18.5 Å². The molecular weight excluding hydrogens is 272 g/mol. The molecule has 2 aromatic carbocycles. The Bertz CT molecular complexity index is 601. The van der Waals surface area contributed by atoms with Crippen LogP contribution in [-0.4, -0.2) is 5.11 Å². The zero-order valence-corrected chi connectivity index (χ0v) is 11.9. The maximum atomic E-state index is 13.8. The second-order valence-corrected chi connectivity index (χ2v) is 4.93. The molecule has 21 heavy (non-hydrogen) atoms. The van der Waals surface area contributed by atoms with E-state index in [2.05, 4.69) is 5.32 Å². The molecule has 0 aliphatic carbocycles. The molecule has 2 aromatic rings. The summed E-state index contributed by atoms with van der Waals surface area (Å²) in [6.07, 6.45) is 0.641. The highest BCUT2D eigenvalue weighted by Gasteiger charge is 2.15. The standard InChI is InChI=1S/C17H19F2NO/c1-2-17(15-9-14(18)7-8-16(15)19)20-10-12-5-3-4-6-13(12)11-21/h3-9,17,20-21H,2,10-11H2,1H3. The Morgan fingerprint density at radius 3 is 2.48 bits per heavy atom. The van der Waals surface area contributed by atoms with Gasteiger partial charge in [-0.15, -0.1) is 0 Å². The van der Waals surface area contributed by atoms with Crippen LogP contribution in [0.15, 0.2) is 42.5 Å². The van der Waals surface area contributed by atoms with Crippen LogP contribution in [-0.2, 0) is 13.2 Å². The minimum Gasteiger partial charge on any atom is -0.392 e. The molecule has 4 heteroatoms. The van der Waals surface area contributed by atoms with E-state index in [1.165, 1.54) is 6.07 Å². The molecule has 0 aliphatic heterocycles. The van der Waals surface area contributed by atoms with Gasteiger partial charge >= 0.3 is 0 Å². The van der Waals surface area contributed by atoms with E-state index >= 15 is 0 Å². The molecule has 0 saturated heterocycles. The minimum atomic E-state index is -0.442. The second-order valence-electron chi connectivity index (χ2n) is 4.93. The molecule has 0 aromatic heterocycles. The maximum Gasteiger partial charge on any atom is 0.128 e. The van der Waals surface area contributed by atoms with Crippen molar-refractivity contribution in [3.05, 3.63) is 70.8 Å². The van der Waals surface area contributed by atoms with E-state index in [1.807, 2.05) is 31.2 Å². The van der Waals surface area contributed by atoms with E-state index < -0.39 is 11.6 Å². The van der Waals surface area contributed by atoms with E-state index in [0.717, 1.165) is 23.3 Å². The summed E-state index contributed by atoms with van der Waals surface area (Å²) in [5, 5.41) is 12.5. The third-order valence-electron chi connectivity index (χ3n) is 3.57. The minimum absolute atomic E-state index is 0.0387. The van der Waals surface area contributed by atoms with Crippen molar-refractivity contribution in [2.45, 2.75) is 32.5 Å². The SMILES string of the molecule is CCC(NCc1ccccc1CO)c1cc(F)ccc1F. The lowest BCUT2D eigenvalue weighted by atomic mass is 10.0. The molecule has 1 unspecified atom stereocenters. The molecule has 1 atom stereocenters. The predicted molar refractivity (Wildman–Crippen MR) is 78.6 cm³/mol. The van der Waals surface area contributed by atoms with Gasteiger partial charge in [0, 0.05) is 18.2 Å². The Morgan fingerprint density at radius 1 is 1.10 bits per heavy atom. The van der Waals surface area contributed by atoms with E-state index in [1.54, 1.807) is 0 Å². The van der Waals surface area contributed by atoms with E-state index in [-0.39, 0.29) is 12.6 Å². The Labute approximate surface area is 123 Å². The smallest absolute Gasteiger partial charge is 0.128 e. The van der Waals surface area contributed by atoms with Crippen LogP contribution in [0.5, 0.6) is 0 Å². The van der Waals surface area contributed by atoms with Crippen molar-refractivity contribution in [2.75, 3.05) is 0 Å². The summed E-state index contributed by atoms with van der Waals surface area (Å²) in [4.78, 5) is 0. The number of halogens is 2. The quantitative estimate of drug-likeness (QED) is 0.850. The van der Waals surface area contributed by atoms with Gasteiger partial charge in [-0.1, -0.05) is 31.2 Å². The van der Waals surface area contributed by atoms with Gasteiger partial charge in [0.25, 0.3) is 0 Å². The first-order chi connectivity index (χ1) is 10.2. The molecule has 0 fully saturated rings. The summed E-state index contributed by atoms with van der Waals surface area (Å²) in [6, 6.07) is 10.7. The number of aliphatic hydroxyl groups is 1. The molecule has 0 radical (unpaired) electrons. The normalized spacial score (nSPS) is 12.4. The van der Waals surface area contributed by atoms with Crippen LogP contribution in [0.2, 0.25) is 0 Å². The second kappa shape index (κ2) is 7.29. The molecule has 0 heterocycles. The summed E-state index contributed by atoms with van der Waals surface area (Å²) in [5.74, 6) is -0.853. The zero-order chi connectivity index (χ0) is 15.2. The number of benzene rings is 2. The molecule has 0 bridgehead atoms. The molecule has 0 spiro atoms. The van der Waals surface area contributed by atoms with Gasteiger partial charge in [0.1, 0.15) is 11.6 Å². The molecular formula is C17H19F2NO. The fourth-order valence-electron chi connectivity index (χ4n) is 2.37. The Hall–Kier alpha value is -1.78. The molecule has 2 N–H and O–H groups in total. The molecule has 112 valence electrons. The van der Waals surface area contributed by atoms with Crippen LogP contribution in [0.25, 0.3) is 0 Å². The van der Waals surface area contributed by atoms with Crippen LogP contribution in [0, 0.1) is 11.6 Å². The van der Waals surface area contributed by atoms with Crippen LogP contribution in [0.3, 0.4) is 0 Å². The molecule has 0 amide bonds. The van der Waals surface area contributed by atoms with Gasteiger partial charge in [-0.2, -0.15) is 0 Å². The van der Waals surface area contributed by atoms with Crippen LogP contribution in [0.1, 0.15) is 36.1 Å². The monoisotopic (exact) mass is 291 g/mol. The first kappa shape index (κ1) is 15.6. The van der Waals surface area contributed by atoms with Crippen molar-refractivity contribution in [3.63, 3.8) is 0 Å². The Morgan fingerprint density at radius 2 is 1.81 bits per heavy atom. The largest absolute Gasteiger partial charge is 0.392 e. The van der Waals surface area contributed by atoms with Gasteiger partial charge < -0.3 is 10.4 Å². The van der Waals surface area contributed by atoms with Gasteiger partial charge in [-0.05, 0) is 35.7 Å². The zero-order valence-electron chi connectivity index (χ0n) is 11.9. The number of hydrogen-bond donors (Lipinski definition) is 2. The molecule has 0 aliphatic rings. The first-order valence-corrected chi connectivity index (χ1v) is 7.01. The lowest BCUT2D eigenvalue weighted by Crippen LogP contribution is -2.22. The summed E-state index contributed by atoms with van der Waals surface area (Å²) in [7, 11) is 0. The van der Waals surface area contributed by atoms with Gasteiger partial charge in [-0.25, -0.2) is 8.78 Å². The summed E-state index contributed by atoms with van der Waals surface area (Å²) >= 11 is 0. The summed E-state index contributed by atoms with van der Waals surface area (Å²) in [6.45, 7) is 2.37. The van der Waals surface area contributed by atoms with Gasteiger partial charge in [-0.3, -0.25) is 0 Å². The number of nitrogens with one attached hydrogen (secondary N) is 1. The van der Waals surface area contributed by atoms with Crippen molar-refractivity contribution in [3.8, 4) is 0 Å². The first-order valence-electron chi connectivity index (χ1n) is 7.01. The van der Waals surface area contributed by atoms with Crippen LogP contribution >= 0.6 is 0 Å². The lowest BCUT2D eigenvalue weighted by molar-refractivity contribution is 0.280.